The van der Waals surface area contributed by atoms with Gasteiger partial charge in [-0.2, -0.15) is 5.10 Å². The van der Waals surface area contributed by atoms with Gasteiger partial charge < -0.3 is 10.3 Å². The van der Waals surface area contributed by atoms with Gasteiger partial charge in [0, 0.05) is 32.2 Å². The van der Waals surface area contributed by atoms with Gasteiger partial charge in [0.05, 0.1) is 6.20 Å². The number of hydrogen-bond donors (Lipinski definition) is 2. The van der Waals surface area contributed by atoms with Crippen LogP contribution in [0.5, 0.6) is 0 Å². The van der Waals surface area contributed by atoms with Crippen molar-refractivity contribution in [1.29, 1.82) is 0 Å². The van der Waals surface area contributed by atoms with Gasteiger partial charge in [0.2, 0.25) is 0 Å². The molecule has 4 heteroatoms. The van der Waals surface area contributed by atoms with E-state index in [2.05, 4.69) is 27.7 Å². The predicted molar refractivity (Wildman–Crippen MR) is 59.4 cm³/mol. The number of H-pyrrole nitrogens is 1. The second-order valence-electron chi connectivity index (χ2n) is 3.67. The summed E-state index contributed by atoms with van der Waals surface area (Å²) in [5.41, 5.74) is 2.57. The third-order valence-electron chi connectivity index (χ3n) is 2.34. The lowest BCUT2D eigenvalue weighted by Crippen LogP contribution is -2.16. The molecule has 0 aliphatic rings. The molecule has 2 rings (SSSR count). The van der Waals surface area contributed by atoms with Crippen molar-refractivity contribution < 1.29 is 0 Å². The van der Waals surface area contributed by atoms with E-state index in [4.69, 9.17) is 0 Å². The van der Waals surface area contributed by atoms with Crippen molar-refractivity contribution in [2.75, 3.05) is 6.54 Å². The first-order valence-corrected chi connectivity index (χ1v) is 5.14. The zero-order chi connectivity index (χ0) is 10.5. The average molecular weight is 204 g/mol. The first-order valence-electron chi connectivity index (χ1n) is 5.14. The number of hydrogen-bond acceptors (Lipinski definition) is 2. The van der Waals surface area contributed by atoms with Crippen molar-refractivity contribution in [2.45, 2.75) is 13.0 Å². The van der Waals surface area contributed by atoms with Gasteiger partial charge in [0.1, 0.15) is 0 Å². The van der Waals surface area contributed by atoms with E-state index in [9.17, 15) is 0 Å². The van der Waals surface area contributed by atoms with Crippen molar-refractivity contribution in [3.05, 3.63) is 42.0 Å². The van der Waals surface area contributed by atoms with E-state index in [1.54, 1.807) is 0 Å². The van der Waals surface area contributed by atoms with Crippen LogP contribution in [-0.4, -0.2) is 21.3 Å². The zero-order valence-corrected chi connectivity index (χ0v) is 8.90. The molecule has 15 heavy (non-hydrogen) atoms. The average Bonchev–Trinajstić information content (AvgIpc) is 2.84. The summed E-state index contributed by atoms with van der Waals surface area (Å²) in [6, 6.07) is 2.08. The third kappa shape index (κ3) is 2.95. The largest absolute Gasteiger partial charge is 0.367 e. The van der Waals surface area contributed by atoms with E-state index in [1.807, 2.05) is 30.3 Å². The lowest BCUT2D eigenvalue weighted by molar-refractivity contribution is 0.687. The van der Waals surface area contributed by atoms with E-state index in [1.165, 1.54) is 11.1 Å². The predicted octanol–water partition coefficient (Wildman–Crippen LogP) is 1.08. The van der Waals surface area contributed by atoms with Crippen molar-refractivity contribution in [3.8, 4) is 0 Å². The number of rotatable bonds is 5. The molecular formula is C11H16N4. The van der Waals surface area contributed by atoms with Crippen LogP contribution in [0.3, 0.4) is 0 Å². The molecule has 0 atom stereocenters. The SMILES string of the molecule is Cn1cc(CCNCc2cc[nH]c2)cn1. The van der Waals surface area contributed by atoms with Crippen LogP contribution in [0.15, 0.2) is 30.9 Å². The molecule has 0 bridgehead atoms. The van der Waals surface area contributed by atoms with Crippen LogP contribution in [0, 0.1) is 0 Å². The highest BCUT2D eigenvalue weighted by molar-refractivity contribution is 5.08. The topological polar surface area (TPSA) is 45.6 Å². The van der Waals surface area contributed by atoms with Crippen molar-refractivity contribution in [3.63, 3.8) is 0 Å². The summed E-state index contributed by atoms with van der Waals surface area (Å²) in [7, 11) is 1.94. The lowest BCUT2D eigenvalue weighted by atomic mass is 10.2. The summed E-state index contributed by atoms with van der Waals surface area (Å²) in [6.45, 7) is 1.90. The van der Waals surface area contributed by atoms with E-state index in [0.717, 1.165) is 19.5 Å². The van der Waals surface area contributed by atoms with E-state index >= 15 is 0 Å². The monoisotopic (exact) mass is 204 g/mol. The molecule has 0 amide bonds. The molecule has 0 saturated heterocycles. The summed E-state index contributed by atoms with van der Waals surface area (Å²) < 4.78 is 1.83. The number of aromatic amines is 1. The molecule has 0 aromatic carbocycles. The van der Waals surface area contributed by atoms with Crippen LogP contribution in [0.1, 0.15) is 11.1 Å². The van der Waals surface area contributed by atoms with Gasteiger partial charge in [-0.1, -0.05) is 0 Å². The molecule has 0 saturated carbocycles. The maximum atomic E-state index is 4.13. The summed E-state index contributed by atoms with van der Waals surface area (Å²) in [5.74, 6) is 0. The summed E-state index contributed by atoms with van der Waals surface area (Å²) in [6.07, 6.45) is 8.95. The van der Waals surface area contributed by atoms with Crippen LogP contribution in [0.2, 0.25) is 0 Å². The van der Waals surface area contributed by atoms with Gasteiger partial charge in [-0.25, -0.2) is 0 Å². The Balaban J connectivity index is 1.67. The van der Waals surface area contributed by atoms with E-state index in [-0.39, 0.29) is 0 Å². The second-order valence-corrected chi connectivity index (χ2v) is 3.67. The van der Waals surface area contributed by atoms with Crippen molar-refractivity contribution in [1.82, 2.24) is 20.1 Å². The molecule has 2 N–H and O–H groups in total. The molecule has 0 spiro atoms. The summed E-state index contributed by atoms with van der Waals surface area (Å²) >= 11 is 0. The normalized spacial score (nSPS) is 10.7. The van der Waals surface area contributed by atoms with Gasteiger partial charge in [0.25, 0.3) is 0 Å². The minimum Gasteiger partial charge on any atom is -0.367 e. The van der Waals surface area contributed by atoms with Gasteiger partial charge in [0.15, 0.2) is 0 Å². The fraction of sp³-hybridized carbons (Fsp3) is 0.364. The Bertz CT molecular complexity index is 388. The molecule has 0 aliphatic carbocycles. The molecule has 2 aromatic rings. The molecule has 0 radical (unpaired) electrons. The smallest absolute Gasteiger partial charge is 0.0522 e. The van der Waals surface area contributed by atoms with Crippen LogP contribution in [0.4, 0.5) is 0 Å². The second kappa shape index (κ2) is 4.79. The van der Waals surface area contributed by atoms with E-state index < -0.39 is 0 Å². The Morgan fingerprint density at radius 3 is 3.07 bits per heavy atom. The number of nitrogens with zero attached hydrogens (tertiary/aromatic N) is 2. The standard InChI is InChI=1S/C11H16N4/c1-15-9-11(8-14-15)3-5-13-7-10-2-4-12-6-10/h2,4,6,8-9,12-13H,3,5,7H2,1H3. The fourth-order valence-corrected chi connectivity index (χ4v) is 1.53. The Hall–Kier alpha value is -1.55. The highest BCUT2D eigenvalue weighted by Crippen LogP contribution is 1.98. The van der Waals surface area contributed by atoms with Crippen LogP contribution in [-0.2, 0) is 20.0 Å². The first-order chi connectivity index (χ1) is 7.34. The minimum atomic E-state index is 0.920. The zero-order valence-electron chi connectivity index (χ0n) is 8.90. The number of nitrogens with one attached hydrogen (secondary N) is 2. The third-order valence-corrected chi connectivity index (χ3v) is 2.34. The Kier molecular flexibility index (Phi) is 3.19. The molecule has 80 valence electrons. The van der Waals surface area contributed by atoms with Gasteiger partial charge in [-0.15, -0.1) is 0 Å². The Labute approximate surface area is 89.3 Å². The molecule has 0 fully saturated rings. The van der Waals surface area contributed by atoms with Gasteiger partial charge in [-0.05, 0) is 30.2 Å². The minimum absolute atomic E-state index is 0.920. The van der Waals surface area contributed by atoms with Crippen molar-refractivity contribution in [2.24, 2.45) is 7.05 Å². The van der Waals surface area contributed by atoms with Crippen molar-refractivity contribution >= 4 is 0 Å². The van der Waals surface area contributed by atoms with Crippen LogP contribution < -0.4 is 5.32 Å². The van der Waals surface area contributed by atoms with Gasteiger partial charge >= 0.3 is 0 Å². The fourth-order valence-electron chi connectivity index (χ4n) is 1.53. The highest BCUT2D eigenvalue weighted by Gasteiger charge is 1.96. The number of aromatic nitrogens is 3. The quantitative estimate of drug-likeness (QED) is 0.716. The van der Waals surface area contributed by atoms with Crippen LogP contribution >= 0.6 is 0 Å². The van der Waals surface area contributed by atoms with Gasteiger partial charge in [-0.3, -0.25) is 4.68 Å². The maximum Gasteiger partial charge on any atom is 0.0522 e. The number of aryl methyl sites for hydroxylation is 1. The maximum absolute atomic E-state index is 4.13. The molecular weight excluding hydrogens is 188 g/mol. The summed E-state index contributed by atoms with van der Waals surface area (Å²) in [4.78, 5) is 3.04. The molecule has 0 aliphatic heterocycles. The molecule has 2 aromatic heterocycles. The summed E-state index contributed by atoms with van der Waals surface area (Å²) in [5, 5.41) is 7.52. The molecule has 0 unspecified atom stereocenters. The lowest BCUT2D eigenvalue weighted by Gasteiger charge is -2.00. The molecule has 2 heterocycles. The Morgan fingerprint density at radius 1 is 1.47 bits per heavy atom. The molecule has 4 nitrogen and oxygen atoms in total. The van der Waals surface area contributed by atoms with Crippen LogP contribution in [0.25, 0.3) is 0 Å². The Morgan fingerprint density at radius 2 is 2.40 bits per heavy atom. The van der Waals surface area contributed by atoms with E-state index in [0.29, 0.717) is 0 Å². The first kappa shape index (κ1) is 9.98. The highest BCUT2D eigenvalue weighted by atomic mass is 15.2.